The number of nitrogens with one attached hydrogen (secondary N) is 2. The topological polar surface area (TPSA) is 144 Å². The molecule has 0 unspecified atom stereocenters. The normalized spacial score (nSPS) is 10.2. The SMILES string of the molecule is Cc1ccc(NC(=O)CCC(=O)Nc2ccc(C)c([N+](=O)[O-])c2)cc1[N+](=O)[O-]. The van der Waals surface area contributed by atoms with E-state index in [1.165, 1.54) is 36.4 Å². The molecule has 2 aromatic rings. The molecule has 0 radical (unpaired) electrons. The summed E-state index contributed by atoms with van der Waals surface area (Å²) in [5.74, 6) is -0.966. The van der Waals surface area contributed by atoms with Crippen molar-refractivity contribution in [1.82, 2.24) is 0 Å². The van der Waals surface area contributed by atoms with Gasteiger partial charge in [0.05, 0.1) is 9.85 Å². The standard InChI is InChI=1S/C18H18N4O6/c1-11-3-5-13(9-15(11)21(25)26)19-17(23)7-8-18(24)20-14-6-4-12(2)16(10-14)22(27)28/h3-6,9-10H,7-8H2,1-2H3,(H,19,23)(H,20,24). The van der Waals surface area contributed by atoms with Gasteiger partial charge in [-0.3, -0.25) is 29.8 Å². The Labute approximate surface area is 159 Å². The lowest BCUT2D eigenvalue weighted by Crippen LogP contribution is -2.17. The molecule has 0 heterocycles. The van der Waals surface area contributed by atoms with E-state index in [1.54, 1.807) is 13.8 Å². The fourth-order valence-electron chi connectivity index (χ4n) is 2.44. The highest BCUT2D eigenvalue weighted by Crippen LogP contribution is 2.23. The van der Waals surface area contributed by atoms with Crippen LogP contribution in [-0.2, 0) is 9.59 Å². The molecule has 0 bridgehead atoms. The monoisotopic (exact) mass is 386 g/mol. The van der Waals surface area contributed by atoms with Crippen LogP contribution in [0, 0.1) is 34.1 Å². The van der Waals surface area contributed by atoms with Crippen molar-refractivity contribution in [3.05, 3.63) is 67.8 Å². The highest BCUT2D eigenvalue weighted by Gasteiger charge is 2.15. The first-order valence-electron chi connectivity index (χ1n) is 8.27. The van der Waals surface area contributed by atoms with Gasteiger partial charge >= 0.3 is 0 Å². The highest BCUT2D eigenvalue weighted by atomic mass is 16.6. The average Bonchev–Trinajstić information content (AvgIpc) is 2.62. The smallest absolute Gasteiger partial charge is 0.274 e. The molecule has 10 heteroatoms. The third-order valence-electron chi connectivity index (χ3n) is 3.96. The molecule has 0 saturated carbocycles. The van der Waals surface area contributed by atoms with Gasteiger partial charge in [-0.15, -0.1) is 0 Å². The Bertz CT molecular complexity index is 880. The van der Waals surface area contributed by atoms with E-state index in [1.807, 2.05) is 0 Å². The predicted molar refractivity (Wildman–Crippen MR) is 102 cm³/mol. The van der Waals surface area contributed by atoms with Gasteiger partial charge in [-0.05, 0) is 26.0 Å². The van der Waals surface area contributed by atoms with Crippen LogP contribution < -0.4 is 10.6 Å². The molecule has 0 aromatic heterocycles. The molecule has 0 fully saturated rings. The van der Waals surface area contributed by atoms with E-state index in [2.05, 4.69) is 10.6 Å². The van der Waals surface area contributed by atoms with Gasteiger partial charge < -0.3 is 10.6 Å². The third kappa shape index (κ3) is 5.34. The molecule has 0 atom stereocenters. The molecule has 0 saturated heterocycles. The van der Waals surface area contributed by atoms with Crippen molar-refractivity contribution in [2.75, 3.05) is 10.6 Å². The van der Waals surface area contributed by atoms with Crippen molar-refractivity contribution in [3.8, 4) is 0 Å². The van der Waals surface area contributed by atoms with Crippen molar-refractivity contribution in [1.29, 1.82) is 0 Å². The summed E-state index contributed by atoms with van der Waals surface area (Å²) in [5, 5.41) is 26.9. The molecular formula is C18H18N4O6. The van der Waals surface area contributed by atoms with Gasteiger partial charge in [0.25, 0.3) is 11.4 Å². The van der Waals surface area contributed by atoms with Crippen LogP contribution in [0.2, 0.25) is 0 Å². The number of benzene rings is 2. The largest absolute Gasteiger partial charge is 0.326 e. The van der Waals surface area contributed by atoms with Crippen molar-refractivity contribution < 1.29 is 19.4 Å². The Morgan fingerprint density at radius 3 is 1.46 bits per heavy atom. The number of nitro benzene ring substituents is 2. The first-order chi connectivity index (χ1) is 13.2. The first-order valence-corrected chi connectivity index (χ1v) is 8.27. The average molecular weight is 386 g/mol. The minimum Gasteiger partial charge on any atom is -0.326 e. The number of nitrogens with zero attached hydrogens (tertiary/aromatic N) is 2. The second-order valence-corrected chi connectivity index (χ2v) is 6.11. The zero-order valence-corrected chi connectivity index (χ0v) is 15.2. The summed E-state index contributed by atoms with van der Waals surface area (Å²) in [6, 6.07) is 8.60. The number of amides is 2. The quantitative estimate of drug-likeness (QED) is 0.550. The number of hydrogen-bond donors (Lipinski definition) is 2. The number of aryl methyl sites for hydroxylation is 2. The number of carbonyl (C=O) groups excluding carboxylic acids is 2. The Kier molecular flexibility index (Phi) is 6.38. The van der Waals surface area contributed by atoms with Crippen LogP contribution in [0.3, 0.4) is 0 Å². The van der Waals surface area contributed by atoms with E-state index < -0.39 is 21.7 Å². The van der Waals surface area contributed by atoms with Crippen LogP contribution in [0.25, 0.3) is 0 Å². The summed E-state index contributed by atoms with van der Waals surface area (Å²) < 4.78 is 0. The van der Waals surface area contributed by atoms with Crippen molar-refractivity contribution in [2.24, 2.45) is 0 Å². The number of anilines is 2. The molecule has 2 N–H and O–H groups in total. The Morgan fingerprint density at radius 2 is 1.14 bits per heavy atom. The lowest BCUT2D eigenvalue weighted by molar-refractivity contribution is -0.385. The van der Waals surface area contributed by atoms with Crippen LogP contribution in [-0.4, -0.2) is 21.7 Å². The predicted octanol–water partition coefficient (Wildman–Crippen LogP) is 3.48. The number of nitro groups is 2. The fourth-order valence-corrected chi connectivity index (χ4v) is 2.44. The van der Waals surface area contributed by atoms with Crippen LogP contribution in [0.1, 0.15) is 24.0 Å². The summed E-state index contributed by atoms with van der Waals surface area (Å²) in [4.78, 5) is 44.7. The highest BCUT2D eigenvalue weighted by molar-refractivity contribution is 5.97. The molecule has 10 nitrogen and oxygen atoms in total. The van der Waals surface area contributed by atoms with E-state index in [0.29, 0.717) is 11.1 Å². The molecule has 0 aliphatic rings. The van der Waals surface area contributed by atoms with Crippen LogP contribution >= 0.6 is 0 Å². The summed E-state index contributed by atoms with van der Waals surface area (Å²) in [5.41, 5.74) is 1.23. The molecular weight excluding hydrogens is 368 g/mol. The van der Waals surface area contributed by atoms with Crippen LogP contribution in [0.4, 0.5) is 22.7 Å². The zero-order valence-electron chi connectivity index (χ0n) is 15.2. The molecule has 0 spiro atoms. The fraction of sp³-hybridized carbons (Fsp3) is 0.222. The van der Waals surface area contributed by atoms with Gasteiger partial charge in [-0.1, -0.05) is 12.1 Å². The van der Waals surface area contributed by atoms with Gasteiger partial charge in [-0.2, -0.15) is 0 Å². The second-order valence-electron chi connectivity index (χ2n) is 6.11. The van der Waals surface area contributed by atoms with Gasteiger partial charge in [0.2, 0.25) is 11.8 Å². The lowest BCUT2D eigenvalue weighted by atomic mass is 10.1. The minimum absolute atomic E-state index is 0.114. The number of rotatable bonds is 7. The van der Waals surface area contributed by atoms with Crippen LogP contribution in [0.5, 0.6) is 0 Å². The Hall–Kier alpha value is -3.82. The van der Waals surface area contributed by atoms with Gasteiger partial charge in [-0.25, -0.2) is 0 Å². The van der Waals surface area contributed by atoms with E-state index in [9.17, 15) is 29.8 Å². The molecule has 0 aliphatic heterocycles. The summed E-state index contributed by atoms with van der Waals surface area (Å²) in [7, 11) is 0. The maximum atomic E-state index is 12.0. The third-order valence-corrected chi connectivity index (χ3v) is 3.96. The summed E-state index contributed by atoms with van der Waals surface area (Å²) in [6.45, 7) is 3.17. The van der Waals surface area contributed by atoms with Crippen LogP contribution in [0.15, 0.2) is 36.4 Å². The molecule has 2 aromatic carbocycles. The number of carbonyl (C=O) groups is 2. The van der Waals surface area contributed by atoms with Crippen molar-refractivity contribution in [3.63, 3.8) is 0 Å². The van der Waals surface area contributed by atoms with E-state index in [-0.39, 0.29) is 35.6 Å². The number of hydrogen-bond acceptors (Lipinski definition) is 6. The molecule has 28 heavy (non-hydrogen) atoms. The first kappa shape index (κ1) is 20.5. The summed E-state index contributed by atoms with van der Waals surface area (Å²) >= 11 is 0. The zero-order chi connectivity index (χ0) is 20.8. The maximum absolute atomic E-state index is 12.0. The Morgan fingerprint density at radius 1 is 0.786 bits per heavy atom. The molecule has 146 valence electrons. The van der Waals surface area contributed by atoms with E-state index >= 15 is 0 Å². The van der Waals surface area contributed by atoms with E-state index in [4.69, 9.17) is 0 Å². The molecule has 2 amide bonds. The van der Waals surface area contributed by atoms with Gasteiger partial charge in [0.1, 0.15) is 0 Å². The van der Waals surface area contributed by atoms with Crippen molar-refractivity contribution >= 4 is 34.6 Å². The Balaban J connectivity index is 1.92. The van der Waals surface area contributed by atoms with Crippen molar-refractivity contribution in [2.45, 2.75) is 26.7 Å². The van der Waals surface area contributed by atoms with E-state index in [0.717, 1.165) is 0 Å². The molecule has 2 rings (SSSR count). The van der Waals surface area contributed by atoms with Gasteiger partial charge in [0.15, 0.2) is 0 Å². The van der Waals surface area contributed by atoms with Gasteiger partial charge in [0, 0.05) is 47.5 Å². The summed E-state index contributed by atoms with van der Waals surface area (Å²) in [6.07, 6.45) is -0.303. The molecule has 0 aliphatic carbocycles. The minimum atomic E-state index is -0.542. The second kappa shape index (κ2) is 8.71. The lowest BCUT2D eigenvalue weighted by Gasteiger charge is -2.08. The maximum Gasteiger partial charge on any atom is 0.274 e.